The van der Waals surface area contributed by atoms with Gasteiger partial charge in [0, 0.05) is 0 Å². The normalized spacial score (nSPS) is 39.9. The lowest BCUT2D eigenvalue weighted by Crippen LogP contribution is -2.52. The van der Waals surface area contributed by atoms with E-state index < -0.39 is 30.7 Å². The van der Waals surface area contributed by atoms with Crippen LogP contribution in [0, 0.1) is 0 Å². The second kappa shape index (κ2) is 4.34. The zero-order valence-electron chi connectivity index (χ0n) is 7.75. The molecule has 1 saturated heterocycles. The van der Waals surface area contributed by atoms with Gasteiger partial charge < -0.3 is 24.8 Å². The van der Waals surface area contributed by atoms with E-state index >= 15 is 0 Å². The average Bonchev–Trinajstić information content (AvgIpc) is 2.08. The highest BCUT2D eigenvalue weighted by atomic mass is 16.7. The van der Waals surface area contributed by atoms with Crippen LogP contribution in [0.25, 0.3) is 0 Å². The molecule has 0 aromatic carbocycles. The minimum absolute atomic E-state index is 0.121. The zero-order valence-corrected chi connectivity index (χ0v) is 7.75. The summed E-state index contributed by atoms with van der Waals surface area (Å²) in [6.07, 6.45) is -4.13. The Kier molecular flexibility index (Phi) is 3.63. The first kappa shape index (κ1) is 10.9. The first-order valence-electron chi connectivity index (χ1n) is 4.33. The molecule has 3 N–H and O–H groups in total. The first-order chi connectivity index (χ1) is 6.02. The van der Waals surface area contributed by atoms with Crippen molar-refractivity contribution in [1.82, 2.24) is 0 Å². The smallest absolute Gasteiger partial charge is 0.155 e. The molecule has 1 unspecified atom stereocenters. The summed E-state index contributed by atoms with van der Waals surface area (Å²) in [7, 11) is 0. The molecule has 5 atom stereocenters. The first-order valence-corrected chi connectivity index (χ1v) is 4.33. The predicted molar refractivity (Wildman–Crippen MR) is 44.0 cm³/mol. The molecule has 78 valence electrons. The van der Waals surface area contributed by atoms with Crippen LogP contribution >= 0.6 is 0 Å². The molecule has 13 heavy (non-hydrogen) atoms. The number of aliphatic hydroxyl groups excluding tert-OH is 3. The van der Waals surface area contributed by atoms with Crippen LogP contribution in [0.5, 0.6) is 0 Å². The van der Waals surface area contributed by atoms with Crippen LogP contribution in [-0.2, 0) is 9.47 Å². The molecule has 1 fully saturated rings. The van der Waals surface area contributed by atoms with Crippen LogP contribution in [0.3, 0.4) is 0 Å². The topological polar surface area (TPSA) is 79.2 Å². The fourth-order valence-corrected chi connectivity index (χ4v) is 1.26. The van der Waals surface area contributed by atoms with Crippen LogP contribution in [0.4, 0.5) is 0 Å². The van der Waals surface area contributed by atoms with Crippen LogP contribution in [0.15, 0.2) is 0 Å². The van der Waals surface area contributed by atoms with Gasteiger partial charge in [-0.1, -0.05) is 0 Å². The summed E-state index contributed by atoms with van der Waals surface area (Å²) in [6, 6.07) is 0. The van der Waals surface area contributed by atoms with E-state index in [4.69, 9.17) is 14.6 Å². The standard InChI is InChI=1S/C8H16O5/c1-4(9)7(11)8-6(10)3-12-5(2)13-8/h4-11H,3H2,1-2H3/t4-,5?,6+,7+,8+/m0/s1. The molecule has 0 saturated carbocycles. The van der Waals surface area contributed by atoms with Crippen molar-refractivity contribution in [3.63, 3.8) is 0 Å². The molecule has 5 nitrogen and oxygen atoms in total. The largest absolute Gasteiger partial charge is 0.391 e. The molecule has 1 aliphatic heterocycles. The van der Waals surface area contributed by atoms with E-state index in [1.54, 1.807) is 6.92 Å². The summed E-state index contributed by atoms with van der Waals surface area (Å²) >= 11 is 0. The molecular weight excluding hydrogens is 176 g/mol. The van der Waals surface area contributed by atoms with Crippen molar-refractivity contribution < 1.29 is 24.8 Å². The number of hydrogen-bond acceptors (Lipinski definition) is 5. The molecule has 0 amide bonds. The van der Waals surface area contributed by atoms with Crippen LogP contribution in [0.2, 0.25) is 0 Å². The van der Waals surface area contributed by atoms with Crippen molar-refractivity contribution in [3.05, 3.63) is 0 Å². The minimum atomic E-state index is -1.08. The van der Waals surface area contributed by atoms with E-state index in [0.717, 1.165) is 0 Å². The number of hydrogen-bond donors (Lipinski definition) is 3. The molecule has 5 heteroatoms. The van der Waals surface area contributed by atoms with Gasteiger partial charge in [-0.3, -0.25) is 0 Å². The van der Waals surface area contributed by atoms with Crippen molar-refractivity contribution in [2.45, 2.75) is 44.6 Å². The molecule has 0 spiro atoms. The van der Waals surface area contributed by atoms with E-state index in [0.29, 0.717) is 0 Å². The van der Waals surface area contributed by atoms with E-state index in [9.17, 15) is 10.2 Å². The van der Waals surface area contributed by atoms with Crippen molar-refractivity contribution in [2.24, 2.45) is 0 Å². The van der Waals surface area contributed by atoms with Gasteiger partial charge in [0.2, 0.25) is 0 Å². The molecule has 0 aromatic heterocycles. The molecule has 1 rings (SSSR count). The van der Waals surface area contributed by atoms with Gasteiger partial charge in [0.25, 0.3) is 0 Å². The van der Waals surface area contributed by atoms with Gasteiger partial charge in [-0.15, -0.1) is 0 Å². The molecule has 0 aliphatic carbocycles. The maximum atomic E-state index is 9.45. The number of aliphatic hydroxyl groups is 3. The van der Waals surface area contributed by atoms with Crippen LogP contribution in [0.1, 0.15) is 13.8 Å². The Hall–Kier alpha value is -0.200. The maximum absolute atomic E-state index is 9.45. The second-order valence-electron chi connectivity index (χ2n) is 3.30. The van der Waals surface area contributed by atoms with Gasteiger partial charge in [-0.25, -0.2) is 0 Å². The summed E-state index contributed by atoms with van der Waals surface area (Å²) in [6.45, 7) is 3.24. The monoisotopic (exact) mass is 192 g/mol. The van der Waals surface area contributed by atoms with Gasteiger partial charge in [-0.05, 0) is 13.8 Å². The fourth-order valence-electron chi connectivity index (χ4n) is 1.26. The Bertz CT molecular complexity index is 161. The Labute approximate surface area is 76.9 Å². The van der Waals surface area contributed by atoms with Crippen LogP contribution in [-0.4, -0.2) is 52.6 Å². The number of rotatable bonds is 2. The van der Waals surface area contributed by atoms with Gasteiger partial charge >= 0.3 is 0 Å². The van der Waals surface area contributed by atoms with E-state index in [2.05, 4.69) is 0 Å². The fraction of sp³-hybridized carbons (Fsp3) is 1.00. The lowest BCUT2D eigenvalue weighted by molar-refractivity contribution is -0.271. The molecule has 1 aliphatic rings. The quantitative estimate of drug-likeness (QED) is 0.515. The summed E-state index contributed by atoms with van der Waals surface area (Å²) < 4.78 is 10.1. The van der Waals surface area contributed by atoms with Gasteiger partial charge in [0.05, 0.1) is 12.7 Å². The lowest BCUT2D eigenvalue weighted by atomic mass is 10.0. The average molecular weight is 192 g/mol. The summed E-state index contributed by atoms with van der Waals surface area (Å²) in [5.41, 5.74) is 0. The van der Waals surface area contributed by atoms with Crippen molar-refractivity contribution in [3.8, 4) is 0 Å². The predicted octanol–water partition coefficient (Wildman–Crippen LogP) is -1.15. The van der Waals surface area contributed by atoms with Gasteiger partial charge in [-0.2, -0.15) is 0 Å². The third kappa shape index (κ3) is 2.62. The zero-order chi connectivity index (χ0) is 10.0. The lowest BCUT2D eigenvalue weighted by Gasteiger charge is -2.35. The second-order valence-corrected chi connectivity index (χ2v) is 3.30. The van der Waals surface area contributed by atoms with Gasteiger partial charge in [0.15, 0.2) is 6.29 Å². The van der Waals surface area contributed by atoms with E-state index in [1.165, 1.54) is 6.92 Å². The Morgan fingerprint density at radius 2 is 2.00 bits per heavy atom. The molecule has 1 heterocycles. The van der Waals surface area contributed by atoms with E-state index in [1.807, 2.05) is 0 Å². The van der Waals surface area contributed by atoms with Crippen LogP contribution < -0.4 is 0 Å². The van der Waals surface area contributed by atoms with Gasteiger partial charge in [0.1, 0.15) is 18.3 Å². The highest BCUT2D eigenvalue weighted by molar-refractivity contribution is 4.82. The Morgan fingerprint density at radius 3 is 2.54 bits per heavy atom. The third-order valence-electron chi connectivity index (χ3n) is 2.06. The van der Waals surface area contributed by atoms with E-state index in [-0.39, 0.29) is 6.61 Å². The molecule has 0 bridgehead atoms. The molecular formula is C8H16O5. The highest BCUT2D eigenvalue weighted by Crippen LogP contribution is 2.17. The SMILES string of the molecule is CC1OC[C@@H](O)[C@H]([C@H](O)[C@H](C)O)O1. The third-order valence-corrected chi connectivity index (χ3v) is 2.06. The van der Waals surface area contributed by atoms with Crippen molar-refractivity contribution >= 4 is 0 Å². The molecule has 0 aromatic rings. The van der Waals surface area contributed by atoms with Crippen molar-refractivity contribution in [2.75, 3.05) is 6.61 Å². The summed E-state index contributed by atoms with van der Waals surface area (Å²) in [4.78, 5) is 0. The number of ether oxygens (including phenoxy) is 2. The minimum Gasteiger partial charge on any atom is -0.391 e. The molecule has 0 radical (unpaired) electrons. The summed E-state index contributed by atoms with van der Waals surface area (Å²) in [5.74, 6) is 0. The maximum Gasteiger partial charge on any atom is 0.155 e. The van der Waals surface area contributed by atoms with Crippen molar-refractivity contribution in [1.29, 1.82) is 0 Å². The highest BCUT2D eigenvalue weighted by Gasteiger charge is 2.36. The summed E-state index contributed by atoms with van der Waals surface area (Å²) in [5, 5.41) is 27.9. The Morgan fingerprint density at radius 1 is 1.38 bits per heavy atom. The Balaban J connectivity index is 2.54.